The molecule has 1 aliphatic carbocycles. The molecule has 6 rings (SSSR count). The van der Waals surface area contributed by atoms with Crippen LogP contribution in [0, 0.1) is 12.8 Å². The van der Waals surface area contributed by atoms with Crippen LogP contribution in [0.25, 0.3) is 5.00 Å². The lowest BCUT2D eigenvalue weighted by molar-refractivity contribution is -0.139. The number of benzene rings is 1. The van der Waals surface area contributed by atoms with Gasteiger partial charge >= 0.3 is 0 Å². The topological polar surface area (TPSA) is 72.3 Å². The lowest BCUT2D eigenvalue weighted by atomic mass is 9.94. The zero-order valence-electron chi connectivity index (χ0n) is 17.8. The van der Waals surface area contributed by atoms with E-state index in [0.717, 1.165) is 40.1 Å². The van der Waals surface area contributed by atoms with Crippen molar-refractivity contribution in [1.29, 1.82) is 0 Å². The second kappa shape index (κ2) is 7.95. The van der Waals surface area contributed by atoms with E-state index in [1.807, 2.05) is 30.0 Å². The first kappa shape index (κ1) is 20.4. The predicted octanol–water partition coefficient (Wildman–Crippen LogP) is 3.06. The van der Waals surface area contributed by atoms with Crippen molar-refractivity contribution in [2.45, 2.75) is 32.4 Å². The van der Waals surface area contributed by atoms with Crippen LogP contribution in [-0.2, 0) is 28.9 Å². The standard InChI is InChI=1S/C23H24ClN5O2S/c1-13-26-27-19-12-25-21(15-4-2-3-5-17(15)24)20-16-10-14(11-18(16)32-23(20)29(13)19)22(30)28-6-8-31-9-7-28/h2-5,14,21,25H,6-12H2,1H3/t14-,21-/m0/s1. The van der Waals surface area contributed by atoms with Gasteiger partial charge in [0.25, 0.3) is 0 Å². The first-order valence-corrected chi connectivity index (χ1v) is 12.2. The number of carbonyl (C=O) groups is 1. The molecule has 1 saturated heterocycles. The summed E-state index contributed by atoms with van der Waals surface area (Å²) >= 11 is 8.42. The van der Waals surface area contributed by atoms with Crippen molar-refractivity contribution in [3.05, 3.63) is 62.5 Å². The van der Waals surface area contributed by atoms with E-state index in [1.165, 1.54) is 16.0 Å². The SMILES string of the molecule is Cc1nnc2n1-c1sc3c(c1[C@H](c1ccccc1Cl)NC2)C[C@H](C(=O)N1CCOCC1)C3. The number of carbonyl (C=O) groups excluding carboxylic acids is 1. The Morgan fingerprint density at radius 2 is 2.03 bits per heavy atom. The molecular formula is C23H24ClN5O2S. The number of halogens is 1. The van der Waals surface area contributed by atoms with Crippen LogP contribution < -0.4 is 5.32 Å². The fraction of sp³-hybridized carbons (Fsp3) is 0.435. The Kier molecular flexibility index (Phi) is 5.06. The van der Waals surface area contributed by atoms with Crippen LogP contribution in [0.1, 0.15) is 39.3 Å². The van der Waals surface area contributed by atoms with Crippen molar-refractivity contribution >= 4 is 28.8 Å². The third kappa shape index (κ3) is 3.20. The van der Waals surface area contributed by atoms with E-state index in [4.69, 9.17) is 16.3 Å². The average molecular weight is 470 g/mol. The number of ether oxygens (including phenoxy) is 1. The summed E-state index contributed by atoms with van der Waals surface area (Å²) in [6.45, 7) is 5.23. The molecule has 2 atom stereocenters. The van der Waals surface area contributed by atoms with Crippen LogP contribution in [0.4, 0.5) is 0 Å². The van der Waals surface area contributed by atoms with Crippen molar-refractivity contribution in [2.24, 2.45) is 5.92 Å². The average Bonchev–Trinajstić information content (AvgIpc) is 3.45. The summed E-state index contributed by atoms with van der Waals surface area (Å²) in [5.41, 5.74) is 3.56. The molecule has 0 unspecified atom stereocenters. The normalized spacial score (nSPS) is 22.2. The van der Waals surface area contributed by atoms with Crippen LogP contribution in [0.2, 0.25) is 5.02 Å². The monoisotopic (exact) mass is 469 g/mol. The van der Waals surface area contributed by atoms with Crippen LogP contribution in [0.15, 0.2) is 24.3 Å². The van der Waals surface area contributed by atoms with Crippen molar-refractivity contribution in [2.75, 3.05) is 26.3 Å². The van der Waals surface area contributed by atoms with Gasteiger partial charge in [-0.25, -0.2) is 0 Å². The van der Waals surface area contributed by atoms with Crippen LogP contribution in [-0.4, -0.2) is 51.9 Å². The van der Waals surface area contributed by atoms with E-state index in [2.05, 4.69) is 26.1 Å². The Labute approximate surface area is 195 Å². The smallest absolute Gasteiger partial charge is 0.226 e. The molecule has 7 nitrogen and oxygen atoms in total. The van der Waals surface area contributed by atoms with Gasteiger partial charge in [0.2, 0.25) is 5.91 Å². The fourth-order valence-electron chi connectivity index (χ4n) is 5.18. The van der Waals surface area contributed by atoms with Gasteiger partial charge in [-0.3, -0.25) is 14.7 Å². The third-order valence-corrected chi connectivity index (χ3v) is 8.33. The van der Waals surface area contributed by atoms with E-state index in [0.29, 0.717) is 32.8 Å². The van der Waals surface area contributed by atoms with Gasteiger partial charge in [-0.05, 0) is 37.0 Å². The van der Waals surface area contributed by atoms with Crippen LogP contribution in [0.3, 0.4) is 0 Å². The van der Waals surface area contributed by atoms with Crippen molar-refractivity contribution in [3.8, 4) is 5.00 Å². The number of aryl methyl sites for hydroxylation is 1. The summed E-state index contributed by atoms with van der Waals surface area (Å²) in [6, 6.07) is 7.94. The Hall–Kier alpha value is -2.26. The molecule has 1 N–H and O–H groups in total. The molecule has 4 heterocycles. The minimum absolute atomic E-state index is 0.00345. The molecule has 0 radical (unpaired) electrons. The Morgan fingerprint density at radius 1 is 1.22 bits per heavy atom. The van der Waals surface area contributed by atoms with Crippen molar-refractivity contribution in [3.63, 3.8) is 0 Å². The molecule has 9 heteroatoms. The zero-order chi connectivity index (χ0) is 21.8. The summed E-state index contributed by atoms with van der Waals surface area (Å²) < 4.78 is 7.60. The van der Waals surface area contributed by atoms with Crippen LogP contribution in [0.5, 0.6) is 0 Å². The second-order valence-corrected chi connectivity index (χ2v) is 10.1. The van der Waals surface area contributed by atoms with Gasteiger partial charge in [0.1, 0.15) is 10.8 Å². The lowest BCUT2D eigenvalue weighted by Gasteiger charge is -2.29. The second-order valence-electron chi connectivity index (χ2n) is 8.60. The van der Waals surface area contributed by atoms with Gasteiger partial charge in [0, 0.05) is 34.5 Å². The molecule has 3 aliphatic rings. The quantitative estimate of drug-likeness (QED) is 0.624. The van der Waals surface area contributed by atoms with E-state index < -0.39 is 0 Å². The number of morpholine rings is 1. The number of thiophene rings is 1. The molecule has 166 valence electrons. The van der Waals surface area contributed by atoms with E-state index >= 15 is 0 Å². The predicted molar refractivity (Wildman–Crippen MR) is 122 cm³/mol. The molecule has 2 aromatic heterocycles. The number of hydrogen-bond acceptors (Lipinski definition) is 6. The largest absolute Gasteiger partial charge is 0.378 e. The number of amides is 1. The minimum Gasteiger partial charge on any atom is -0.378 e. The molecule has 1 aromatic carbocycles. The Morgan fingerprint density at radius 3 is 2.84 bits per heavy atom. The summed E-state index contributed by atoms with van der Waals surface area (Å²) in [5.74, 6) is 2.03. The summed E-state index contributed by atoms with van der Waals surface area (Å²) in [6.07, 6.45) is 1.55. The summed E-state index contributed by atoms with van der Waals surface area (Å²) in [5, 5.41) is 14.3. The van der Waals surface area contributed by atoms with Gasteiger partial charge < -0.3 is 9.64 Å². The lowest BCUT2D eigenvalue weighted by Crippen LogP contribution is -2.44. The first-order chi connectivity index (χ1) is 15.6. The highest BCUT2D eigenvalue weighted by atomic mass is 35.5. The molecule has 3 aromatic rings. The molecular weight excluding hydrogens is 446 g/mol. The highest BCUT2D eigenvalue weighted by molar-refractivity contribution is 7.15. The zero-order valence-corrected chi connectivity index (χ0v) is 19.4. The van der Waals surface area contributed by atoms with Gasteiger partial charge in [0.15, 0.2) is 5.82 Å². The van der Waals surface area contributed by atoms with Gasteiger partial charge in [-0.15, -0.1) is 21.5 Å². The highest BCUT2D eigenvalue weighted by Crippen LogP contribution is 2.47. The number of aromatic nitrogens is 3. The van der Waals surface area contributed by atoms with Crippen molar-refractivity contribution in [1.82, 2.24) is 25.0 Å². The fourth-order valence-corrected chi connectivity index (χ4v) is 6.94. The summed E-state index contributed by atoms with van der Waals surface area (Å²) in [7, 11) is 0. The first-order valence-electron chi connectivity index (χ1n) is 11.0. The van der Waals surface area contributed by atoms with Gasteiger partial charge in [-0.1, -0.05) is 29.8 Å². The minimum atomic E-state index is -0.0583. The molecule has 0 bridgehead atoms. The maximum absolute atomic E-state index is 13.2. The van der Waals surface area contributed by atoms with E-state index in [-0.39, 0.29) is 17.9 Å². The number of nitrogens with zero attached hydrogens (tertiary/aromatic N) is 4. The summed E-state index contributed by atoms with van der Waals surface area (Å²) in [4.78, 5) is 16.5. The molecule has 1 amide bonds. The highest BCUT2D eigenvalue weighted by Gasteiger charge is 2.39. The molecule has 0 saturated carbocycles. The number of hydrogen-bond donors (Lipinski definition) is 1. The number of rotatable bonds is 2. The van der Waals surface area contributed by atoms with E-state index in [1.54, 1.807) is 11.3 Å². The van der Waals surface area contributed by atoms with Gasteiger partial charge in [-0.2, -0.15) is 0 Å². The number of nitrogens with one attached hydrogen (secondary N) is 1. The van der Waals surface area contributed by atoms with Crippen molar-refractivity contribution < 1.29 is 9.53 Å². The van der Waals surface area contributed by atoms with Crippen LogP contribution >= 0.6 is 22.9 Å². The maximum Gasteiger partial charge on any atom is 0.226 e. The molecule has 2 aliphatic heterocycles. The van der Waals surface area contributed by atoms with Gasteiger partial charge in [0.05, 0.1) is 25.8 Å². The Bertz CT molecular complexity index is 1200. The molecule has 1 fully saturated rings. The van der Waals surface area contributed by atoms with E-state index in [9.17, 15) is 4.79 Å². The molecule has 32 heavy (non-hydrogen) atoms. The molecule has 0 spiro atoms. The number of fused-ring (bicyclic) bond motifs is 5. The maximum atomic E-state index is 13.2. The Balaban J connectivity index is 1.43. The third-order valence-electron chi connectivity index (χ3n) is 6.73.